The fourth-order valence-corrected chi connectivity index (χ4v) is 5.01. The number of rotatable bonds is 7. The maximum atomic E-state index is 13.3. The number of pyridine rings is 1. The van der Waals surface area contributed by atoms with Gasteiger partial charge in [0.1, 0.15) is 11.6 Å². The average Bonchev–Trinajstić information content (AvgIpc) is 3.48. The summed E-state index contributed by atoms with van der Waals surface area (Å²) in [7, 11) is 0. The fraction of sp³-hybridized carbons (Fsp3) is 0.308. The molecule has 5 rings (SSSR count). The van der Waals surface area contributed by atoms with Crippen LogP contribution < -0.4 is 5.56 Å². The number of nitrogens with zero attached hydrogens (tertiary/aromatic N) is 5. The summed E-state index contributed by atoms with van der Waals surface area (Å²) in [5.41, 5.74) is 2.60. The topological polar surface area (TPSA) is 97.1 Å². The van der Waals surface area contributed by atoms with Gasteiger partial charge >= 0.3 is 0 Å². The lowest BCUT2D eigenvalue weighted by Gasteiger charge is -2.15. The van der Waals surface area contributed by atoms with Crippen LogP contribution in [0, 0.1) is 21.4 Å². The van der Waals surface area contributed by atoms with Crippen molar-refractivity contribution in [1.29, 1.82) is 5.26 Å². The molecular weight excluding hydrogens is 430 g/mol. The van der Waals surface area contributed by atoms with Gasteiger partial charge in [-0.25, -0.2) is 0 Å². The number of non-ortho nitro benzene ring substituents is 1. The van der Waals surface area contributed by atoms with Crippen LogP contribution in [0.2, 0.25) is 0 Å². The molecule has 8 nitrogen and oxygen atoms in total. The molecule has 1 aliphatic rings. The SMILES string of the molecule is N#Cc1cc2c(c3ccccc3n2CCCCN2CCCC2)n(-c2ccc([N+](=O)[O-])cc2)c1=O. The normalized spacial score (nSPS) is 14.1. The third-order valence-corrected chi connectivity index (χ3v) is 6.67. The van der Waals surface area contributed by atoms with Crippen molar-refractivity contribution >= 4 is 27.6 Å². The van der Waals surface area contributed by atoms with Crippen LogP contribution in [0.3, 0.4) is 0 Å². The smallest absolute Gasteiger partial charge is 0.273 e. The number of para-hydroxylation sites is 1. The number of fused-ring (bicyclic) bond motifs is 3. The number of nitro groups is 1. The van der Waals surface area contributed by atoms with Crippen molar-refractivity contribution in [3.8, 4) is 11.8 Å². The Balaban J connectivity index is 1.63. The molecule has 0 aliphatic carbocycles. The lowest BCUT2D eigenvalue weighted by molar-refractivity contribution is -0.384. The summed E-state index contributed by atoms with van der Waals surface area (Å²) in [6.07, 6.45) is 4.64. The molecule has 2 aromatic carbocycles. The highest BCUT2D eigenvalue weighted by Gasteiger charge is 2.19. The van der Waals surface area contributed by atoms with Crippen molar-refractivity contribution in [2.24, 2.45) is 0 Å². The minimum absolute atomic E-state index is 0.0481. The third-order valence-electron chi connectivity index (χ3n) is 6.67. The number of hydrogen-bond acceptors (Lipinski definition) is 5. The van der Waals surface area contributed by atoms with E-state index in [-0.39, 0.29) is 11.3 Å². The minimum atomic E-state index is -0.470. The van der Waals surface area contributed by atoms with Crippen LogP contribution in [0.15, 0.2) is 59.4 Å². The molecule has 0 saturated carbocycles. The second-order valence-corrected chi connectivity index (χ2v) is 8.74. The summed E-state index contributed by atoms with van der Waals surface area (Å²) in [5.74, 6) is 0. The average molecular weight is 456 g/mol. The molecule has 4 aromatic rings. The van der Waals surface area contributed by atoms with Gasteiger partial charge in [-0.3, -0.25) is 19.5 Å². The number of aryl methyl sites for hydroxylation is 1. The molecule has 1 saturated heterocycles. The first-order chi connectivity index (χ1) is 16.6. The van der Waals surface area contributed by atoms with E-state index in [1.165, 1.54) is 42.6 Å². The zero-order chi connectivity index (χ0) is 23.7. The number of benzene rings is 2. The van der Waals surface area contributed by atoms with Crippen LogP contribution in [-0.4, -0.2) is 38.6 Å². The van der Waals surface area contributed by atoms with Gasteiger partial charge in [0.05, 0.1) is 21.5 Å². The molecule has 172 valence electrons. The molecule has 8 heteroatoms. The Morgan fingerprint density at radius 3 is 2.38 bits per heavy atom. The third kappa shape index (κ3) is 3.84. The van der Waals surface area contributed by atoms with E-state index < -0.39 is 10.5 Å². The second kappa shape index (κ2) is 9.12. The first-order valence-electron chi connectivity index (χ1n) is 11.6. The molecule has 0 unspecified atom stereocenters. The van der Waals surface area contributed by atoms with E-state index in [0.717, 1.165) is 42.4 Å². The van der Waals surface area contributed by atoms with Crippen molar-refractivity contribution in [3.05, 3.63) is 80.6 Å². The van der Waals surface area contributed by atoms with Gasteiger partial charge in [-0.15, -0.1) is 0 Å². The number of hydrogen-bond donors (Lipinski definition) is 0. The molecule has 34 heavy (non-hydrogen) atoms. The molecule has 0 spiro atoms. The standard InChI is InChI=1S/C26H25N5O3/c27-18-19-17-24-25(30(26(19)32)20-9-11-21(12-10-20)31(33)34)22-7-1-2-8-23(22)29(24)16-6-5-15-28-13-3-4-14-28/h1-2,7-12,17H,3-6,13-16H2. The summed E-state index contributed by atoms with van der Waals surface area (Å²) >= 11 is 0. The van der Waals surface area contributed by atoms with Crippen LogP contribution in [0.4, 0.5) is 5.69 Å². The van der Waals surface area contributed by atoms with Crippen LogP contribution in [0.5, 0.6) is 0 Å². The zero-order valence-corrected chi connectivity index (χ0v) is 18.8. The van der Waals surface area contributed by atoms with Gasteiger partial charge < -0.3 is 9.47 Å². The number of likely N-dealkylation sites (tertiary alicyclic amines) is 1. The Kier molecular flexibility index (Phi) is 5.86. The Bertz CT molecular complexity index is 1470. The van der Waals surface area contributed by atoms with Crippen LogP contribution in [0.1, 0.15) is 31.2 Å². The van der Waals surface area contributed by atoms with Crippen LogP contribution in [0.25, 0.3) is 27.6 Å². The molecule has 3 heterocycles. The minimum Gasteiger partial charge on any atom is -0.339 e. The van der Waals surface area contributed by atoms with Gasteiger partial charge in [-0.1, -0.05) is 18.2 Å². The van der Waals surface area contributed by atoms with Crippen LogP contribution in [-0.2, 0) is 6.54 Å². The number of aromatic nitrogens is 2. The molecule has 1 aliphatic heterocycles. The summed E-state index contributed by atoms with van der Waals surface area (Å²) in [6, 6.07) is 17.5. The highest BCUT2D eigenvalue weighted by molar-refractivity contribution is 6.07. The largest absolute Gasteiger partial charge is 0.339 e. The van der Waals surface area contributed by atoms with Gasteiger partial charge in [0.25, 0.3) is 11.2 Å². The maximum absolute atomic E-state index is 13.3. The van der Waals surface area contributed by atoms with E-state index in [2.05, 4.69) is 9.47 Å². The van der Waals surface area contributed by atoms with E-state index >= 15 is 0 Å². The summed E-state index contributed by atoms with van der Waals surface area (Å²) in [4.78, 5) is 26.4. The number of nitriles is 1. The molecule has 0 N–H and O–H groups in total. The van der Waals surface area contributed by atoms with Crippen molar-refractivity contribution in [1.82, 2.24) is 14.0 Å². The van der Waals surface area contributed by atoms with Crippen molar-refractivity contribution in [2.45, 2.75) is 32.2 Å². The Morgan fingerprint density at radius 1 is 0.971 bits per heavy atom. The molecular formula is C26H25N5O3. The highest BCUT2D eigenvalue weighted by Crippen LogP contribution is 2.31. The van der Waals surface area contributed by atoms with E-state index in [0.29, 0.717) is 11.2 Å². The predicted molar refractivity (Wildman–Crippen MR) is 131 cm³/mol. The summed E-state index contributed by atoms with van der Waals surface area (Å²) < 4.78 is 3.71. The highest BCUT2D eigenvalue weighted by atomic mass is 16.6. The van der Waals surface area contributed by atoms with Crippen molar-refractivity contribution in [3.63, 3.8) is 0 Å². The van der Waals surface area contributed by atoms with Crippen molar-refractivity contribution < 1.29 is 4.92 Å². The van der Waals surface area contributed by atoms with E-state index in [4.69, 9.17) is 0 Å². The van der Waals surface area contributed by atoms with E-state index in [1.54, 1.807) is 18.2 Å². The van der Waals surface area contributed by atoms with Gasteiger partial charge in [-0.05, 0) is 69.6 Å². The summed E-state index contributed by atoms with van der Waals surface area (Å²) in [6.45, 7) is 4.24. The fourth-order valence-electron chi connectivity index (χ4n) is 5.01. The quantitative estimate of drug-likeness (QED) is 0.230. The Labute approximate surface area is 196 Å². The molecule has 2 aromatic heterocycles. The molecule has 0 radical (unpaired) electrons. The number of unbranched alkanes of at least 4 members (excludes halogenated alkanes) is 1. The van der Waals surface area contributed by atoms with Gasteiger partial charge in [0.2, 0.25) is 0 Å². The van der Waals surface area contributed by atoms with Crippen LogP contribution >= 0.6 is 0 Å². The molecule has 1 fully saturated rings. The van der Waals surface area contributed by atoms with E-state index in [9.17, 15) is 20.2 Å². The predicted octanol–water partition coefficient (Wildman–Crippen LogP) is 4.60. The Hall–Kier alpha value is -3.96. The Morgan fingerprint density at radius 2 is 1.68 bits per heavy atom. The van der Waals surface area contributed by atoms with Crippen molar-refractivity contribution in [2.75, 3.05) is 19.6 Å². The van der Waals surface area contributed by atoms with Gasteiger partial charge in [0, 0.05) is 29.8 Å². The monoisotopic (exact) mass is 455 g/mol. The first kappa shape index (κ1) is 21.9. The molecule has 0 atom stereocenters. The maximum Gasteiger partial charge on any atom is 0.273 e. The zero-order valence-electron chi connectivity index (χ0n) is 18.8. The summed E-state index contributed by atoms with van der Waals surface area (Å²) in [5, 5.41) is 21.7. The van der Waals surface area contributed by atoms with Gasteiger partial charge in [-0.2, -0.15) is 5.26 Å². The van der Waals surface area contributed by atoms with Gasteiger partial charge in [0.15, 0.2) is 0 Å². The first-order valence-corrected chi connectivity index (χ1v) is 11.6. The molecule has 0 bridgehead atoms. The van der Waals surface area contributed by atoms with E-state index in [1.807, 2.05) is 30.3 Å². The molecule has 0 amide bonds. The lowest BCUT2D eigenvalue weighted by Crippen LogP contribution is -2.21. The number of nitro benzene ring substituents is 1. The second-order valence-electron chi connectivity index (χ2n) is 8.74. The lowest BCUT2D eigenvalue weighted by atomic mass is 10.2.